The summed E-state index contributed by atoms with van der Waals surface area (Å²) in [5.41, 5.74) is 6.54. The van der Waals surface area contributed by atoms with Gasteiger partial charge < -0.3 is 20.4 Å². The minimum absolute atomic E-state index is 0.173. The van der Waals surface area contributed by atoms with Crippen LogP contribution in [-0.4, -0.2) is 54.9 Å². The number of nitrogens with two attached hydrogens (primary N) is 1. The van der Waals surface area contributed by atoms with Gasteiger partial charge in [-0.1, -0.05) is 30.3 Å². The van der Waals surface area contributed by atoms with E-state index in [0.717, 1.165) is 38.7 Å². The van der Waals surface area contributed by atoms with Crippen molar-refractivity contribution in [2.75, 3.05) is 33.2 Å². The molecule has 0 unspecified atom stereocenters. The van der Waals surface area contributed by atoms with Gasteiger partial charge in [0.15, 0.2) is 11.7 Å². The molecular formula is C19H25N5O2. The summed E-state index contributed by atoms with van der Waals surface area (Å²) in [5.74, 6) is 1.10. The van der Waals surface area contributed by atoms with Crippen LogP contribution in [0.15, 0.2) is 51.9 Å². The lowest BCUT2D eigenvalue weighted by atomic mass is 10.2. The number of carbonyl (C=O) groups is 1. The lowest BCUT2D eigenvalue weighted by Crippen LogP contribution is -2.52. The molecule has 1 aliphatic rings. The summed E-state index contributed by atoms with van der Waals surface area (Å²) in [7, 11) is 1.77. The number of nitrogens with one attached hydrogen (secondary N) is 1. The van der Waals surface area contributed by atoms with Gasteiger partial charge in [0.2, 0.25) is 0 Å². The molecule has 0 aliphatic carbocycles. The van der Waals surface area contributed by atoms with Gasteiger partial charge in [-0.15, -0.1) is 0 Å². The molecule has 7 heteroatoms. The van der Waals surface area contributed by atoms with Crippen LogP contribution in [0.4, 0.5) is 0 Å². The Hall–Kier alpha value is -2.80. The number of amides is 1. The monoisotopic (exact) mass is 355 g/mol. The van der Waals surface area contributed by atoms with Gasteiger partial charge in [-0.05, 0) is 17.7 Å². The fourth-order valence-corrected chi connectivity index (χ4v) is 3.06. The van der Waals surface area contributed by atoms with Crippen molar-refractivity contribution >= 4 is 11.9 Å². The van der Waals surface area contributed by atoms with Crippen molar-refractivity contribution < 1.29 is 9.21 Å². The standard InChI is InChI=1S/C19H25N5O2/c1-21-19(22-13-16-7-8-17(26-16)18(20)25)24-11-9-23(10-12-24)14-15-5-3-2-4-6-15/h2-8H,9-14H2,1H3,(H2,20,25)(H,21,22). The second kappa shape index (κ2) is 8.53. The zero-order valence-corrected chi connectivity index (χ0v) is 15.0. The SMILES string of the molecule is CN=C(NCc1ccc(C(N)=O)o1)N1CCN(Cc2ccccc2)CC1. The van der Waals surface area contributed by atoms with Crippen molar-refractivity contribution in [3.05, 3.63) is 59.5 Å². The van der Waals surface area contributed by atoms with E-state index in [1.165, 1.54) is 5.56 Å². The Labute approximate surface area is 153 Å². The molecule has 3 rings (SSSR count). The lowest BCUT2D eigenvalue weighted by Gasteiger charge is -2.36. The topological polar surface area (TPSA) is 87.1 Å². The number of rotatable bonds is 5. The smallest absolute Gasteiger partial charge is 0.284 e. The van der Waals surface area contributed by atoms with Crippen LogP contribution >= 0.6 is 0 Å². The predicted molar refractivity (Wildman–Crippen MR) is 101 cm³/mol. The highest BCUT2D eigenvalue weighted by Crippen LogP contribution is 2.10. The van der Waals surface area contributed by atoms with Crippen molar-refractivity contribution in [1.82, 2.24) is 15.1 Å². The number of guanidine groups is 1. The highest BCUT2D eigenvalue weighted by molar-refractivity contribution is 5.89. The molecule has 2 aromatic rings. The van der Waals surface area contributed by atoms with Gasteiger partial charge >= 0.3 is 0 Å². The minimum Gasteiger partial charge on any atom is -0.454 e. The van der Waals surface area contributed by atoms with Crippen molar-refractivity contribution in [2.24, 2.45) is 10.7 Å². The molecule has 1 aliphatic heterocycles. The average molecular weight is 355 g/mol. The van der Waals surface area contributed by atoms with Gasteiger partial charge in [-0.3, -0.25) is 14.7 Å². The largest absolute Gasteiger partial charge is 0.454 e. The summed E-state index contributed by atoms with van der Waals surface area (Å²) < 4.78 is 5.39. The summed E-state index contributed by atoms with van der Waals surface area (Å²) in [6, 6.07) is 13.9. The Bertz CT molecular complexity index is 748. The van der Waals surface area contributed by atoms with Gasteiger partial charge in [-0.25, -0.2) is 0 Å². The number of hydrogen-bond acceptors (Lipinski definition) is 4. The Morgan fingerprint density at radius 1 is 1.15 bits per heavy atom. The molecule has 0 atom stereocenters. The first-order valence-corrected chi connectivity index (χ1v) is 8.76. The van der Waals surface area contributed by atoms with Gasteiger partial charge in [0.1, 0.15) is 5.76 Å². The maximum absolute atomic E-state index is 11.1. The third kappa shape index (κ3) is 4.64. The van der Waals surface area contributed by atoms with E-state index in [0.29, 0.717) is 12.3 Å². The number of hydrogen-bond donors (Lipinski definition) is 2. The van der Waals surface area contributed by atoms with E-state index in [1.807, 2.05) is 6.07 Å². The molecule has 138 valence electrons. The van der Waals surface area contributed by atoms with Crippen LogP contribution in [0.5, 0.6) is 0 Å². The predicted octanol–water partition coefficient (Wildman–Crippen LogP) is 1.27. The number of furan rings is 1. The summed E-state index contributed by atoms with van der Waals surface area (Å²) in [6.07, 6.45) is 0. The zero-order valence-electron chi connectivity index (χ0n) is 15.0. The molecule has 0 saturated carbocycles. The summed E-state index contributed by atoms with van der Waals surface area (Å²) in [4.78, 5) is 20.1. The quantitative estimate of drug-likeness (QED) is 0.623. The molecular weight excluding hydrogens is 330 g/mol. The fourth-order valence-electron chi connectivity index (χ4n) is 3.06. The Morgan fingerprint density at radius 2 is 1.88 bits per heavy atom. The second-order valence-corrected chi connectivity index (χ2v) is 6.28. The highest BCUT2D eigenvalue weighted by atomic mass is 16.3. The molecule has 0 radical (unpaired) electrons. The van der Waals surface area contributed by atoms with Crippen molar-refractivity contribution in [3.8, 4) is 0 Å². The van der Waals surface area contributed by atoms with Crippen LogP contribution in [0.2, 0.25) is 0 Å². The van der Waals surface area contributed by atoms with E-state index in [1.54, 1.807) is 19.2 Å². The van der Waals surface area contributed by atoms with Gasteiger partial charge in [0.25, 0.3) is 5.91 Å². The molecule has 3 N–H and O–H groups in total. The van der Waals surface area contributed by atoms with Crippen LogP contribution in [-0.2, 0) is 13.1 Å². The zero-order chi connectivity index (χ0) is 18.4. The Kier molecular flexibility index (Phi) is 5.91. The molecule has 0 bridgehead atoms. The average Bonchev–Trinajstić information content (AvgIpc) is 3.14. The number of primary amides is 1. The number of piperazine rings is 1. The van der Waals surface area contributed by atoms with Crippen LogP contribution in [0, 0.1) is 0 Å². The van der Waals surface area contributed by atoms with Gasteiger partial charge in [0, 0.05) is 39.8 Å². The molecule has 1 fully saturated rings. The third-order valence-electron chi connectivity index (χ3n) is 4.46. The molecule has 0 spiro atoms. The Balaban J connectivity index is 1.48. The molecule has 1 amide bonds. The van der Waals surface area contributed by atoms with Crippen LogP contribution < -0.4 is 11.1 Å². The number of aliphatic imine (C=N–C) groups is 1. The van der Waals surface area contributed by atoms with Crippen molar-refractivity contribution in [1.29, 1.82) is 0 Å². The Morgan fingerprint density at radius 3 is 2.50 bits per heavy atom. The van der Waals surface area contributed by atoms with Gasteiger partial charge in [-0.2, -0.15) is 0 Å². The first-order valence-electron chi connectivity index (χ1n) is 8.76. The first kappa shape index (κ1) is 18.0. The van der Waals surface area contributed by atoms with Crippen LogP contribution in [0.1, 0.15) is 21.9 Å². The molecule has 7 nitrogen and oxygen atoms in total. The van der Waals surface area contributed by atoms with Crippen molar-refractivity contribution in [3.63, 3.8) is 0 Å². The van der Waals surface area contributed by atoms with E-state index in [4.69, 9.17) is 10.2 Å². The number of carbonyl (C=O) groups excluding carboxylic acids is 1. The molecule has 1 saturated heterocycles. The highest BCUT2D eigenvalue weighted by Gasteiger charge is 2.19. The van der Waals surface area contributed by atoms with E-state index < -0.39 is 5.91 Å². The van der Waals surface area contributed by atoms with Crippen LogP contribution in [0.25, 0.3) is 0 Å². The lowest BCUT2D eigenvalue weighted by molar-refractivity contribution is 0.0972. The maximum atomic E-state index is 11.1. The van der Waals surface area contributed by atoms with E-state index in [-0.39, 0.29) is 5.76 Å². The maximum Gasteiger partial charge on any atom is 0.284 e. The molecule has 26 heavy (non-hydrogen) atoms. The van der Waals surface area contributed by atoms with E-state index >= 15 is 0 Å². The normalized spacial score (nSPS) is 15.9. The van der Waals surface area contributed by atoms with E-state index in [2.05, 4.69) is 44.4 Å². The third-order valence-corrected chi connectivity index (χ3v) is 4.46. The fraction of sp³-hybridized carbons (Fsp3) is 0.368. The molecule has 1 aromatic carbocycles. The second-order valence-electron chi connectivity index (χ2n) is 6.28. The summed E-state index contributed by atoms with van der Waals surface area (Å²) >= 11 is 0. The first-order chi connectivity index (χ1) is 12.7. The van der Waals surface area contributed by atoms with Crippen molar-refractivity contribution in [2.45, 2.75) is 13.1 Å². The molecule has 1 aromatic heterocycles. The number of benzene rings is 1. The minimum atomic E-state index is -0.560. The van der Waals surface area contributed by atoms with Gasteiger partial charge in [0.05, 0.1) is 6.54 Å². The molecule has 2 heterocycles. The summed E-state index contributed by atoms with van der Waals surface area (Å²) in [6.45, 7) is 5.24. The number of nitrogens with zero attached hydrogens (tertiary/aromatic N) is 3. The van der Waals surface area contributed by atoms with E-state index in [9.17, 15) is 4.79 Å². The van der Waals surface area contributed by atoms with Crippen LogP contribution in [0.3, 0.4) is 0 Å². The summed E-state index contributed by atoms with van der Waals surface area (Å²) in [5, 5.41) is 3.28.